The summed E-state index contributed by atoms with van der Waals surface area (Å²) >= 11 is 0. The average molecular weight is 198 g/mol. The molecule has 1 aromatic heterocycles. The van der Waals surface area contributed by atoms with Gasteiger partial charge in [0, 0.05) is 20.2 Å². The van der Waals surface area contributed by atoms with Crippen molar-refractivity contribution in [3.8, 4) is 0 Å². The monoisotopic (exact) mass is 198 g/mol. The van der Waals surface area contributed by atoms with E-state index >= 15 is 0 Å². The molecule has 0 atom stereocenters. The van der Waals surface area contributed by atoms with Crippen LogP contribution < -0.4 is 11.1 Å². The second-order valence-electron chi connectivity index (χ2n) is 2.91. The summed E-state index contributed by atoms with van der Waals surface area (Å²) in [5, 5.41) is 15.0. The molecule has 0 aliphatic rings. The van der Waals surface area contributed by atoms with E-state index in [9.17, 15) is 4.79 Å². The summed E-state index contributed by atoms with van der Waals surface area (Å²) in [6.45, 7) is 0.487. The third-order valence-electron chi connectivity index (χ3n) is 1.80. The van der Waals surface area contributed by atoms with Crippen molar-refractivity contribution in [2.24, 2.45) is 7.05 Å². The van der Waals surface area contributed by atoms with Crippen molar-refractivity contribution in [2.45, 2.75) is 6.42 Å². The van der Waals surface area contributed by atoms with E-state index in [0.29, 0.717) is 24.3 Å². The highest BCUT2D eigenvalue weighted by molar-refractivity contribution is 5.97. The fourth-order valence-corrected chi connectivity index (χ4v) is 1.10. The quantitative estimate of drug-likeness (QED) is 0.547. The highest BCUT2D eigenvalue weighted by Gasteiger charge is 2.13. The summed E-state index contributed by atoms with van der Waals surface area (Å²) in [7, 11) is 1.65. The number of nitrogens with one attached hydrogen (secondary N) is 1. The molecule has 1 amide bonds. The number of aliphatic hydroxyl groups is 1. The highest BCUT2D eigenvalue weighted by Crippen LogP contribution is 2.08. The van der Waals surface area contributed by atoms with E-state index < -0.39 is 0 Å². The van der Waals surface area contributed by atoms with E-state index in [1.807, 2.05) is 0 Å². The van der Waals surface area contributed by atoms with Gasteiger partial charge in [-0.05, 0) is 6.42 Å². The highest BCUT2D eigenvalue weighted by atomic mass is 16.3. The van der Waals surface area contributed by atoms with Crippen molar-refractivity contribution in [3.05, 3.63) is 11.9 Å². The van der Waals surface area contributed by atoms with Gasteiger partial charge in [0.1, 0.15) is 5.69 Å². The maximum atomic E-state index is 11.5. The van der Waals surface area contributed by atoms with Crippen molar-refractivity contribution < 1.29 is 9.90 Å². The molecular weight excluding hydrogens is 184 g/mol. The van der Waals surface area contributed by atoms with Gasteiger partial charge in [-0.25, -0.2) is 0 Å². The van der Waals surface area contributed by atoms with Gasteiger partial charge in [0.25, 0.3) is 5.91 Å². The van der Waals surface area contributed by atoms with E-state index in [2.05, 4.69) is 10.4 Å². The van der Waals surface area contributed by atoms with Gasteiger partial charge in [-0.1, -0.05) is 0 Å². The number of nitrogens with two attached hydrogens (primary N) is 1. The number of hydrogen-bond donors (Lipinski definition) is 3. The Morgan fingerprint density at radius 1 is 1.79 bits per heavy atom. The van der Waals surface area contributed by atoms with E-state index in [4.69, 9.17) is 10.8 Å². The summed E-state index contributed by atoms with van der Waals surface area (Å²) in [5.74, 6) is -0.268. The van der Waals surface area contributed by atoms with E-state index in [-0.39, 0.29) is 12.5 Å². The summed E-state index contributed by atoms with van der Waals surface area (Å²) in [5.41, 5.74) is 6.26. The Hall–Kier alpha value is -1.56. The van der Waals surface area contributed by atoms with Crippen molar-refractivity contribution in [3.63, 3.8) is 0 Å². The van der Waals surface area contributed by atoms with E-state index in [0.717, 1.165) is 0 Å². The van der Waals surface area contributed by atoms with Crippen LogP contribution in [0.15, 0.2) is 6.20 Å². The van der Waals surface area contributed by atoms with Crippen molar-refractivity contribution >= 4 is 11.6 Å². The van der Waals surface area contributed by atoms with Gasteiger partial charge < -0.3 is 16.2 Å². The maximum absolute atomic E-state index is 11.5. The zero-order valence-electron chi connectivity index (χ0n) is 8.03. The predicted molar refractivity (Wildman–Crippen MR) is 51.7 cm³/mol. The molecule has 0 radical (unpaired) electrons. The lowest BCUT2D eigenvalue weighted by molar-refractivity contribution is 0.0942. The lowest BCUT2D eigenvalue weighted by Gasteiger charge is -2.04. The molecule has 78 valence electrons. The number of aliphatic hydroxyl groups excluding tert-OH is 1. The summed E-state index contributed by atoms with van der Waals surface area (Å²) in [6, 6.07) is 0. The number of carbonyl (C=O) groups is 1. The Balaban J connectivity index is 2.60. The van der Waals surface area contributed by atoms with Gasteiger partial charge >= 0.3 is 0 Å². The molecule has 0 aliphatic heterocycles. The molecule has 0 aliphatic carbocycles. The third kappa shape index (κ3) is 2.23. The molecule has 0 unspecified atom stereocenters. The standard InChI is InChI=1S/C8H14N4O2/c1-12-7(6(9)5-11-12)8(14)10-3-2-4-13/h5,13H,2-4,9H2,1H3,(H,10,14). The molecule has 1 aromatic rings. The first-order valence-corrected chi connectivity index (χ1v) is 4.33. The van der Waals surface area contributed by atoms with Gasteiger partial charge in [-0.3, -0.25) is 9.48 Å². The fraction of sp³-hybridized carbons (Fsp3) is 0.500. The zero-order valence-corrected chi connectivity index (χ0v) is 8.03. The molecule has 6 heteroatoms. The van der Waals surface area contributed by atoms with Crippen LogP contribution in [0.4, 0.5) is 5.69 Å². The number of aromatic nitrogens is 2. The molecule has 6 nitrogen and oxygen atoms in total. The summed E-state index contributed by atoms with van der Waals surface area (Å²) in [4.78, 5) is 11.5. The summed E-state index contributed by atoms with van der Waals surface area (Å²) in [6.07, 6.45) is 1.96. The van der Waals surface area contributed by atoms with Crippen LogP contribution in [0.3, 0.4) is 0 Å². The SMILES string of the molecule is Cn1ncc(N)c1C(=O)NCCCO. The van der Waals surface area contributed by atoms with Crippen LogP contribution in [0.2, 0.25) is 0 Å². The van der Waals surface area contributed by atoms with E-state index in [1.165, 1.54) is 10.9 Å². The minimum atomic E-state index is -0.268. The number of nitrogen functional groups attached to an aromatic ring is 1. The molecule has 0 saturated carbocycles. The lowest BCUT2D eigenvalue weighted by atomic mass is 10.3. The Kier molecular flexibility index (Phi) is 3.47. The van der Waals surface area contributed by atoms with Crippen molar-refractivity contribution in [1.82, 2.24) is 15.1 Å². The average Bonchev–Trinajstić information content (AvgIpc) is 2.46. The zero-order chi connectivity index (χ0) is 10.6. The number of aryl methyl sites for hydroxylation is 1. The van der Waals surface area contributed by atoms with Crippen LogP contribution in [0, 0.1) is 0 Å². The minimum absolute atomic E-state index is 0.0567. The molecule has 0 spiro atoms. The molecule has 1 heterocycles. The number of hydrogen-bond acceptors (Lipinski definition) is 4. The number of amides is 1. The van der Waals surface area contributed by atoms with Gasteiger partial charge in [0.2, 0.25) is 0 Å². The first-order chi connectivity index (χ1) is 6.66. The predicted octanol–water partition coefficient (Wildman–Crippen LogP) is -0.885. The molecule has 0 saturated heterocycles. The molecule has 0 aromatic carbocycles. The lowest BCUT2D eigenvalue weighted by Crippen LogP contribution is -2.27. The summed E-state index contributed by atoms with van der Waals surface area (Å²) < 4.78 is 1.42. The molecule has 0 fully saturated rings. The number of anilines is 1. The Labute approximate surface area is 81.7 Å². The fourth-order valence-electron chi connectivity index (χ4n) is 1.10. The minimum Gasteiger partial charge on any atom is -0.396 e. The van der Waals surface area contributed by atoms with Crippen molar-refractivity contribution in [2.75, 3.05) is 18.9 Å². The first-order valence-electron chi connectivity index (χ1n) is 4.33. The Morgan fingerprint density at radius 2 is 2.50 bits per heavy atom. The van der Waals surface area contributed by atoms with E-state index in [1.54, 1.807) is 7.05 Å². The molecule has 0 bridgehead atoms. The van der Waals surface area contributed by atoms with Crippen LogP contribution >= 0.6 is 0 Å². The number of nitrogens with zero attached hydrogens (tertiary/aromatic N) is 2. The largest absolute Gasteiger partial charge is 0.396 e. The molecular formula is C8H14N4O2. The third-order valence-corrected chi connectivity index (χ3v) is 1.80. The molecule has 1 rings (SSSR count). The molecule has 14 heavy (non-hydrogen) atoms. The maximum Gasteiger partial charge on any atom is 0.271 e. The number of rotatable bonds is 4. The second-order valence-corrected chi connectivity index (χ2v) is 2.91. The topological polar surface area (TPSA) is 93.2 Å². The molecule has 4 N–H and O–H groups in total. The van der Waals surface area contributed by atoms with Gasteiger partial charge in [0.15, 0.2) is 0 Å². The second kappa shape index (κ2) is 4.61. The number of carbonyl (C=O) groups excluding carboxylic acids is 1. The van der Waals surface area contributed by atoms with Crippen molar-refractivity contribution in [1.29, 1.82) is 0 Å². The van der Waals surface area contributed by atoms with Crippen LogP contribution in [-0.2, 0) is 7.05 Å². The van der Waals surface area contributed by atoms with Gasteiger partial charge in [-0.2, -0.15) is 5.10 Å². The Morgan fingerprint density at radius 3 is 3.00 bits per heavy atom. The van der Waals surface area contributed by atoms with Crippen LogP contribution in [0.25, 0.3) is 0 Å². The van der Waals surface area contributed by atoms with Crippen LogP contribution in [-0.4, -0.2) is 33.9 Å². The Bertz CT molecular complexity index is 302. The van der Waals surface area contributed by atoms with Gasteiger partial charge in [-0.15, -0.1) is 0 Å². The van der Waals surface area contributed by atoms with Gasteiger partial charge in [0.05, 0.1) is 11.9 Å². The smallest absolute Gasteiger partial charge is 0.271 e. The van der Waals surface area contributed by atoms with Crippen LogP contribution in [0.1, 0.15) is 16.9 Å². The normalized spacial score (nSPS) is 10.1. The first kappa shape index (κ1) is 10.5. The van der Waals surface area contributed by atoms with Crippen LogP contribution in [0.5, 0.6) is 0 Å².